The van der Waals surface area contributed by atoms with Crippen molar-refractivity contribution in [1.82, 2.24) is 5.32 Å². The summed E-state index contributed by atoms with van der Waals surface area (Å²) in [6.07, 6.45) is 0.184. The van der Waals surface area contributed by atoms with E-state index >= 15 is 0 Å². The van der Waals surface area contributed by atoms with Gasteiger partial charge in [0.15, 0.2) is 5.54 Å². The molecule has 1 aliphatic rings. The van der Waals surface area contributed by atoms with Crippen LogP contribution in [0.15, 0.2) is 24.3 Å². The maximum absolute atomic E-state index is 12.1. The van der Waals surface area contributed by atoms with Crippen molar-refractivity contribution in [2.24, 2.45) is 0 Å². The number of para-hydroxylation sites is 2. The molecule has 1 fully saturated rings. The highest BCUT2D eigenvalue weighted by Crippen LogP contribution is 2.26. The molecule has 0 aromatic heterocycles. The second-order valence-corrected chi connectivity index (χ2v) is 5.34. The minimum Gasteiger partial charge on any atom is -0.479 e. The lowest BCUT2D eigenvalue weighted by atomic mass is 9.99. The van der Waals surface area contributed by atoms with Crippen LogP contribution in [-0.2, 0) is 14.3 Å². The molecule has 9 nitrogen and oxygen atoms in total. The van der Waals surface area contributed by atoms with E-state index in [1.165, 1.54) is 30.1 Å². The Labute approximate surface area is 132 Å². The lowest BCUT2D eigenvalue weighted by Crippen LogP contribution is -2.57. The zero-order chi connectivity index (χ0) is 17.0. The molecule has 0 radical (unpaired) electrons. The second-order valence-electron chi connectivity index (χ2n) is 5.34. The van der Waals surface area contributed by atoms with Gasteiger partial charge in [-0.2, -0.15) is 0 Å². The number of nitrogens with one attached hydrogen (secondary N) is 1. The number of nitro benzene ring substituents is 1. The first kappa shape index (κ1) is 16.7. The standard InChI is InChI=1S/C14H17N3O6/c1-16(10-4-2-3-5-11(10)17(21)22)8-12(18)15-14(13(19)20)6-7-23-9-14/h2-5H,6-9H2,1H3,(H,15,18)(H,19,20). The Morgan fingerprint density at radius 1 is 1.48 bits per heavy atom. The van der Waals surface area contributed by atoms with Gasteiger partial charge < -0.3 is 20.1 Å². The van der Waals surface area contributed by atoms with Crippen molar-refractivity contribution in [3.05, 3.63) is 34.4 Å². The summed E-state index contributed by atoms with van der Waals surface area (Å²) in [5.41, 5.74) is -1.28. The van der Waals surface area contributed by atoms with Crippen LogP contribution in [0.3, 0.4) is 0 Å². The molecule has 1 aliphatic heterocycles. The van der Waals surface area contributed by atoms with E-state index in [1.807, 2.05) is 0 Å². The van der Waals surface area contributed by atoms with Crippen molar-refractivity contribution in [2.75, 3.05) is 31.7 Å². The molecular weight excluding hydrogens is 306 g/mol. The van der Waals surface area contributed by atoms with Crippen molar-refractivity contribution in [3.63, 3.8) is 0 Å². The van der Waals surface area contributed by atoms with E-state index in [1.54, 1.807) is 6.07 Å². The molecule has 124 valence electrons. The normalized spacial score (nSPS) is 20.0. The Morgan fingerprint density at radius 2 is 2.17 bits per heavy atom. The highest BCUT2D eigenvalue weighted by atomic mass is 16.6. The maximum atomic E-state index is 12.1. The molecule has 1 unspecified atom stereocenters. The molecule has 2 N–H and O–H groups in total. The van der Waals surface area contributed by atoms with Gasteiger partial charge in [-0.25, -0.2) is 4.79 Å². The van der Waals surface area contributed by atoms with Gasteiger partial charge in [0.25, 0.3) is 5.69 Å². The van der Waals surface area contributed by atoms with E-state index < -0.39 is 22.3 Å². The Kier molecular flexibility index (Phi) is 4.80. The van der Waals surface area contributed by atoms with E-state index in [-0.39, 0.29) is 37.6 Å². The number of nitro groups is 1. The minimum absolute atomic E-state index is 0.0940. The number of nitrogens with zero attached hydrogens (tertiary/aromatic N) is 2. The van der Waals surface area contributed by atoms with Crippen LogP contribution in [0, 0.1) is 10.1 Å². The molecule has 0 aliphatic carbocycles. The van der Waals surface area contributed by atoms with Crippen molar-refractivity contribution in [3.8, 4) is 0 Å². The van der Waals surface area contributed by atoms with Gasteiger partial charge in [0.1, 0.15) is 5.69 Å². The predicted molar refractivity (Wildman–Crippen MR) is 80.3 cm³/mol. The molecule has 23 heavy (non-hydrogen) atoms. The van der Waals surface area contributed by atoms with Crippen molar-refractivity contribution in [2.45, 2.75) is 12.0 Å². The molecule has 9 heteroatoms. The van der Waals surface area contributed by atoms with Gasteiger partial charge in [0.05, 0.1) is 18.1 Å². The molecule has 1 aromatic carbocycles. The molecule has 1 atom stereocenters. The summed E-state index contributed by atoms with van der Waals surface area (Å²) in [6.45, 7) is -0.0459. The first-order valence-corrected chi connectivity index (χ1v) is 6.92. The van der Waals surface area contributed by atoms with Gasteiger partial charge in [-0.1, -0.05) is 12.1 Å². The minimum atomic E-state index is -1.43. The van der Waals surface area contributed by atoms with Gasteiger partial charge >= 0.3 is 5.97 Å². The topological polar surface area (TPSA) is 122 Å². The van der Waals surface area contributed by atoms with Crippen LogP contribution < -0.4 is 10.2 Å². The van der Waals surface area contributed by atoms with E-state index in [4.69, 9.17) is 4.74 Å². The average Bonchev–Trinajstić information content (AvgIpc) is 2.96. The average molecular weight is 323 g/mol. The molecular formula is C14H17N3O6. The third kappa shape index (κ3) is 3.57. The van der Waals surface area contributed by atoms with Crippen LogP contribution in [0.4, 0.5) is 11.4 Å². The first-order valence-electron chi connectivity index (χ1n) is 6.92. The molecule has 0 spiro atoms. The molecule has 0 saturated carbocycles. The van der Waals surface area contributed by atoms with Crippen LogP contribution >= 0.6 is 0 Å². The number of hydrogen-bond donors (Lipinski definition) is 2. The Hall–Kier alpha value is -2.68. The zero-order valence-electron chi connectivity index (χ0n) is 12.5. The number of aliphatic carboxylic acids is 1. The van der Waals surface area contributed by atoms with E-state index in [0.717, 1.165) is 0 Å². The molecule has 1 saturated heterocycles. The zero-order valence-corrected chi connectivity index (χ0v) is 12.5. The Bertz CT molecular complexity index is 627. The lowest BCUT2D eigenvalue weighted by Gasteiger charge is -2.26. The molecule has 1 amide bonds. The summed E-state index contributed by atoms with van der Waals surface area (Å²) in [6, 6.07) is 6.02. The van der Waals surface area contributed by atoms with Crippen molar-refractivity contribution in [1.29, 1.82) is 0 Å². The van der Waals surface area contributed by atoms with Crippen LogP contribution in [0.25, 0.3) is 0 Å². The number of ether oxygens (including phenoxy) is 1. The number of carboxylic acids is 1. The number of amides is 1. The number of carbonyl (C=O) groups excluding carboxylic acids is 1. The maximum Gasteiger partial charge on any atom is 0.331 e. The van der Waals surface area contributed by atoms with E-state index in [2.05, 4.69) is 5.32 Å². The number of carbonyl (C=O) groups is 2. The smallest absolute Gasteiger partial charge is 0.331 e. The summed E-state index contributed by atoms with van der Waals surface area (Å²) < 4.78 is 5.06. The highest BCUT2D eigenvalue weighted by Gasteiger charge is 2.44. The van der Waals surface area contributed by atoms with Crippen LogP contribution in [-0.4, -0.2) is 54.3 Å². The van der Waals surface area contributed by atoms with Gasteiger partial charge in [-0.15, -0.1) is 0 Å². The van der Waals surface area contributed by atoms with Gasteiger partial charge in [-0.3, -0.25) is 14.9 Å². The summed E-state index contributed by atoms with van der Waals surface area (Å²) >= 11 is 0. The fourth-order valence-corrected chi connectivity index (χ4v) is 2.43. The van der Waals surface area contributed by atoms with Gasteiger partial charge in [0, 0.05) is 26.1 Å². The Balaban J connectivity index is 2.08. The Morgan fingerprint density at radius 3 is 2.74 bits per heavy atom. The van der Waals surface area contributed by atoms with Crippen LogP contribution in [0.1, 0.15) is 6.42 Å². The quantitative estimate of drug-likeness (QED) is 0.573. The van der Waals surface area contributed by atoms with E-state index in [9.17, 15) is 24.8 Å². The second kappa shape index (κ2) is 6.61. The number of anilines is 1. The molecule has 2 rings (SSSR count). The lowest BCUT2D eigenvalue weighted by molar-refractivity contribution is -0.384. The highest BCUT2D eigenvalue weighted by molar-refractivity contribution is 5.89. The first-order chi connectivity index (χ1) is 10.9. The monoisotopic (exact) mass is 323 g/mol. The number of benzene rings is 1. The predicted octanol–water partition coefficient (Wildman–Crippen LogP) is 0.391. The van der Waals surface area contributed by atoms with Crippen LogP contribution in [0.2, 0.25) is 0 Å². The summed E-state index contributed by atoms with van der Waals surface area (Å²) in [5, 5.41) is 22.8. The molecule has 1 aromatic rings. The number of hydrogen-bond acceptors (Lipinski definition) is 6. The van der Waals surface area contributed by atoms with Crippen molar-refractivity contribution >= 4 is 23.3 Å². The molecule has 0 bridgehead atoms. The van der Waals surface area contributed by atoms with Crippen molar-refractivity contribution < 1.29 is 24.4 Å². The SMILES string of the molecule is CN(CC(=O)NC1(C(=O)O)CCOC1)c1ccccc1[N+](=O)[O-]. The fourth-order valence-electron chi connectivity index (χ4n) is 2.43. The molecule has 1 heterocycles. The summed E-state index contributed by atoms with van der Waals surface area (Å²) in [5.74, 6) is -1.70. The van der Waals surface area contributed by atoms with Crippen LogP contribution in [0.5, 0.6) is 0 Å². The summed E-state index contributed by atoms with van der Waals surface area (Å²) in [7, 11) is 1.53. The fraction of sp³-hybridized carbons (Fsp3) is 0.429. The number of likely N-dealkylation sites (N-methyl/N-ethyl adjacent to an activating group) is 1. The van der Waals surface area contributed by atoms with E-state index in [0.29, 0.717) is 0 Å². The third-order valence-corrected chi connectivity index (χ3v) is 3.68. The summed E-state index contributed by atoms with van der Waals surface area (Å²) in [4.78, 5) is 35.4. The number of carboxylic acid groups (broad SMARTS) is 1. The third-order valence-electron chi connectivity index (χ3n) is 3.68. The number of rotatable bonds is 6. The van der Waals surface area contributed by atoms with Gasteiger partial charge in [-0.05, 0) is 6.07 Å². The van der Waals surface area contributed by atoms with Gasteiger partial charge in [0.2, 0.25) is 5.91 Å². The largest absolute Gasteiger partial charge is 0.479 e.